The van der Waals surface area contributed by atoms with Crippen molar-refractivity contribution in [1.82, 2.24) is 14.4 Å². The van der Waals surface area contributed by atoms with Crippen molar-refractivity contribution in [3.05, 3.63) is 72.2 Å². The van der Waals surface area contributed by atoms with E-state index in [0.29, 0.717) is 12.1 Å². The van der Waals surface area contributed by atoms with Gasteiger partial charge in [0.2, 0.25) is 6.79 Å². The third-order valence-corrected chi connectivity index (χ3v) is 4.61. The van der Waals surface area contributed by atoms with Crippen LogP contribution >= 0.6 is 0 Å². The predicted molar refractivity (Wildman–Crippen MR) is 103 cm³/mol. The SMILES string of the molecule is N#Cc1ccc(-c2nc3cnccn3c2NCc2ccc3c(c2)OCO3)cc1. The second kappa shape index (κ2) is 6.59. The Morgan fingerprint density at radius 2 is 1.96 bits per heavy atom. The molecule has 0 fully saturated rings. The molecular weight excluding hydrogens is 354 g/mol. The molecule has 2 aromatic carbocycles. The van der Waals surface area contributed by atoms with Crippen LogP contribution in [0.25, 0.3) is 16.9 Å². The van der Waals surface area contributed by atoms with Crippen LogP contribution in [-0.4, -0.2) is 21.2 Å². The molecule has 0 bridgehead atoms. The Hall–Kier alpha value is -4.05. The van der Waals surface area contributed by atoms with Gasteiger partial charge in [0.25, 0.3) is 0 Å². The number of nitrogens with one attached hydrogen (secondary N) is 1. The number of hydrogen-bond acceptors (Lipinski definition) is 6. The molecule has 5 rings (SSSR count). The van der Waals surface area contributed by atoms with E-state index >= 15 is 0 Å². The van der Waals surface area contributed by atoms with E-state index in [-0.39, 0.29) is 6.79 Å². The van der Waals surface area contributed by atoms with Gasteiger partial charge in [-0.05, 0) is 29.8 Å². The average molecular weight is 369 g/mol. The summed E-state index contributed by atoms with van der Waals surface area (Å²) >= 11 is 0. The van der Waals surface area contributed by atoms with Crippen LogP contribution in [-0.2, 0) is 6.54 Å². The summed E-state index contributed by atoms with van der Waals surface area (Å²) < 4.78 is 12.8. The lowest BCUT2D eigenvalue weighted by Gasteiger charge is -2.09. The van der Waals surface area contributed by atoms with Crippen molar-refractivity contribution in [2.45, 2.75) is 6.54 Å². The summed E-state index contributed by atoms with van der Waals surface area (Å²) in [5, 5.41) is 12.5. The monoisotopic (exact) mass is 369 g/mol. The normalized spacial score (nSPS) is 12.1. The number of imidazole rings is 1. The summed E-state index contributed by atoms with van der Waals surface area (Å²) in [4.78, 5) is 8.88. The molecule has 0 unspecified atom stereocenters. The standard InChI is InChI=1S/C21H15N5O2/c22-10-14-1-4-16(5-2-14)20-21(26-8-7-23-12-19(26)25-20)24-11-15-3-6-17-18(9-15)28-13-27-17/h1-9,12,24H,11,13H2. The van der Waals surface area contributed by atoms with E-state index in [2.05, 4.69) is 16.4 Å². The fraction of sp³-hybridized carbons (Fsp3) is 0.0952. The van der Waals surface area contributed by atoms with Crippen LogP contribution in [0.3, 0.4) is 0 Å². The van der Waals surface area contributed by atoms with Gasteiger partial charge in [-0.15, -0.1) is 0 Å². The van der Waals surface area contributed by atoms with E-state index in [4.69, 9.17) is 19.7 Å². The first-order chi connectivity index (χ1) is 13.8. The first-order valence-corrected chi connectivity index (χ1v) is 8.77. The summed E-state index contributed by atoms with van der Waals surface area (Å²) in [6.45, 7) is 0.853. The lowest BCUT2D eigenvalue weighted by molar-refractivity contribution is 0.174. The molecule has 1 aliphatic heterocycles. The van der Waals surface area contributed by atoms with E-state index in [9.17, 15) is 0 Å². The van der Waals surface area contributed by atoms with Crippen LogP contribution in [0, 0.1) is 11.3 Å². The summed E-state index contributed by atoms with van der Waals surface area (Å²) in [6, 6.07) is 15.4. The molecule has 2 aromatic heterocycles. The van der Waals surface area contributed by atoms with Crippen molar-refractivity contribution in [2.24, 2.45) is 0 Å². The number of anilines is 1. The van der Waals surface area contributed by atoms with Crippen LogP contribution in [0.2, 0.25) is 0 Å². The van der Waals surface area contributed by atoms with Gasteiger partial charge in [-0.3, -0.25) is 9.38 Å². The van der Waals surface area contributed by atoms with E-state index < -0.39 is 0 Å². The number of nitrogens with zero attached hydrogens (tertiary/aromatic N) is 4. The molecule has 28 heavy (non-hydrogen) atoms. The number of benzene rings is 2. The Morgan fingerprint density at radius 3 is 2.82 bits per heavy atom. The zero-order valence-electron chi connectivity index (χ0n) is 14.8. The zero-order chi connectivity index (χ0) is 18.9. The highest BCUT2D eigenvalue weighted by molar-refractivity contribution is 5.76. The lowest BCUT2D eigenvalue weighted by Crippen LogP contribution is -2.03. The number of rotatable bonds is 4. The maximum absolute atomic E-state index is 9.04. The first kappa shape index (κ1) is 16.1. The smallest absolute Gasteiger partial charge is 0.231 e. The minimum atomic E-state index is 0.259. The highest BCUT2D eigenvalue weighted by Gasteiger charge is 2.16. The molecule has 7 heteroatoms. The zero-order valence-corrected chi connectivity index (χ0v) is 14.8. The van der Waals surface area contributed by atoms with Crippen LogP contribution in [0.5, 0.6) is 11.5 Å². The Morgan fingerprint density at radius 1 is 1.11 bits per heavy atom. The van der Waals surface area contributed by atoms with Crippen molar-refractivity contribution < 1.29 is 9.47 Å². The number of ether oxygens (including phenoxy) is 2. The summed E-state index contributed by atoms with van der Waals surface area (Å²) in [5.74, 6) is 2.39. The molecule has 1 N–H and O–H groups in total. The Balaban J connectivity index is 1.51. The Kier molecular flexibility index (Phi) is 3.80. The molecule has 4 aromatic rings. The van der Waals surface area contributed by atoms with E-state index in [0.717, 1.165) is 39.8 Å². The van der Waals surface area contributed by atoms with Crippen LogP contribution in [0.4, 0.5) is 5.82 Å². The number of nitriles is 1. The largest absolute Gasteiger partial charge is 0.454 e. The molecule has 0 atom stereocenters. The van der Waals surface area contributed by atoms with Crippen LogP contribution < -0.4 is 14.8 Å². The van der Waals surface area contributed by atoms with Gasteiger partial charge in [-0.1, -0.05) is 18.2 Å². The van der Waals surface area contributed by atoms with Crippen LogP contribution in [0.15, 0.2) is 61.1 Å². The minimum Gasteiger partial charge on any atom is -0.454 e. The van der Waals surface area contributed by atoms with Crippen molar-refractivity contribution in [3.63, 3.8) is 0 Å². The molecule has 0 radical (unpaired) electrons. The maximum atomic E-state index is 9.04. The Bertz CT molecular complexity index is 1210. The van der Waals surface area contributed by atoms with Gasteiger partial charge in [0.1, 0.15) is 11.5 Å². The quantitative estimate of drug-likeness (QED) is 0.592. The first-order valence-electron chi connectivity index (χ1n) is 8.77. The van der Waals surface area contributed by atoms with Crippen LogP contribution in [0.1, 0.15) is 11.1 Å². The van der Waals surface area contributed by atoms with Gasteiger partial charge >= 0.3 is 0 Å². The molecule has 0 amide bonds. The fourth-order valence-electron chi connectivity index (χ4n) is 3.22. The van der Waals surface area contributed by atoms with E-state index in [1.165, 1.54) is 0 Å². The molecule has 7 nitrogen and oxygen atoms in total. The summed E-state index contributed by atoms with van der Waals surface area (Å²) in [6.07, 6.45) is 5.32. The predicted octanol–water partition coefficient (Wildman–Crippen LogP) is 3.61. The summed E-state index contributed by atoms with van der Waals surface area (Å²) in [7, 11) is 0. The molecule has 3 heterocycles. The molecule has 0 spiro atoms. The third-order valence-electron chi connectivity index (χ3n) is 4.61. The van der Waals surface area contributed by atoms with Gasteiger partial charge in [-0.25, -0.2) is 4.98 Å². The van der Waals surface area contributed by atoms with Gasteiger partial charge in [0.05, 0.1) is 17.8 Å². The second-order valence-electron chi connectivity index (χ2n) is 6.34. The molecule has 1 aliphatic rings. The number of hydrogen-bond donors (Lipinski definition) is 1. The van der Waals surface area contributed by atoms with Crippen molar-refractivity contribution in [2.75, 3.05) is 12.1 Å². The lowest BCUT2D eigenvalue weighted by atomic mass is 10.1. The molecule has 0 saturated carbocycles. The minimum absolute atomic E-state index is 0.259. The van der Waals surface area contributed by atoms with Gasteiger partial charge < -0.3 is 14.8 Å². The maximum Gasteiger partial charge on any atom is 0.231 e. The molecule has 136 valence electrons. The average Bonchev–Trinajstić information content (AvgIpc) is 3.36. The fourth-order valence-corrected chi connectivity index (χ4v) is 3.22. The molecule has 0 saturated heterocycles. The number of fused-ring (bicyclic) bond motifs is 2. The highest BCUT2D eigenvalue weighted by atomic mass is 16.7. The van der Waals surface area contributed by atoms with Gasteiger partial charge in [-0.2, -0.15) is 5.26 Å². The second-order valence-corrected chi connectivity index (χ2v) is 6.34. The third kappa shape index (κ3) is 2.77. The molecular formula is C21H15N5O2. The highest BCUT2D eigenvalue weighted by Crippen LogP contribution is 2.33. The van der Waals surface area contributed by atoms with Crippen molar-refractivity contribution in [3.8, 4) is 28.8 Å². The van der Waals surface area contributed by atoms with E-state index in [1.807, 2.05) is 40.9 Å². The van der Waals surface area contributed by atoms with Gasteiger partial charge in [0, 0.05) is 24.5 Å². The number of aromatic nitrogens is 3. The van der Waals surface area contributed by atoms with Crippen molar-refractivity contribution >= 4 is 11.5 Å². The summed E-state index contributed by atoms with van der Waals surface area (Å²) in [5.41, 5.74) is 4.16. The Labute approximate surface area is 160 Å². The van der Waals surface area contributed by atoms with Gasteiger partial charge in [0.15, 0.2) is 17.1 Å². The van der Waals surface area contributed by atoms with Crippen molar-refractivity contribution in [1.29, 1.82) is 5.26 Å². The molecule has 0 aliphatic carbocycles. The topological polar surface area (TPSA) is 84.5 Å². The van der Waals surface area contributed by atoms with E-state index in [1.54, 1.807) is 24.5 Å².